The quantitative estimate of drug-likeness (QED) is 0.641. The first-order chi connectivity index (χ1) is 8.60. The Morgan fingerprint density at radius 1 is 1.39 bits per heavy atom. The fraction of sp³-hybridized carbons (Fsp3) is 0.385. The lowest BCUT2D eigenvalue weighted by Crippen LogP contribution is -2.35. The molecule has 4 nitrogen and oxygen atoms in total. The number of amides is 1. The van der Waals surface area contributed by atoms with Gasteiger partial charge in [-0.15, -0.1) is 0 Å². The van der Waals surface area contributed by atoms with Crippen LogP contribution in [0.4, 0.5) is 4.39 Å². The molecule has 5 heteroatoms. The first-order valence-electron chi connectivity index (χ1n) is 5.69. The molecule has 0 saturated carbocycles. The molecule has 0 fully saturated rings. The van der Waals surface area contributed by atoms with Gasteiger partial charge in [-0.2, -0.15) is 0 Å². The molecule has 1 aromatic rings. The van der Waals surface area contributed by atoms with Gasteiger partial charge in [0, 0.05) is 12.1 Å². The molecule has 1 aromatic carbocycles. The van der Waals surface area contributed by atoms with Crippen molar-refractivity contribution in [3.63, 3.8) is 0 Å². The van der Waals surface area contributed by atoms with Crippen LogP contribution in [0.25, 0.3) is 0 Å². The van der Waals surface area contributed by atoms with Gasteiger partial charge < -0.3 is 10.1 Å². The maximum atomic E-state index is 13.3. The molecule has 0 saturated heterocycles. The third-order valence-corrected chi connectivity index (χ3v) is 2.62. The van der Waals surface area contributed by atoms with Crippen molar-refractivity contribution in [2.24, 2.45) is 5.92 Å². The number of hydrogen-bond donors (Lipinski definition) is 1. The minimum atomic E-state index is -0.846. The van der Waals surface area contributed by atoms with Gasteiger partial charge in [0.25, 0.3) is 0 Å². The minimum Gasteiger partial charge on any atom is -0.468 e. The van der Waals surface area contributed by atoms with E-state index in [1.54, 1.807) is 25.1 Å². The molecule has 1 unspecified atom stereocenters. The lowest BCUT2D eigenvalue weighted by atomic mass is 10.1. The summed E-state index contributed by atoms with van der Waals surface area (Å²) in [5, 5.41) is 2.53. The number of benzene rings is 1. The largest absolute Gasteiger partial charge is 0.468 e. The summed E-state index contributed by atoms with van der Waals surface area (Å²) < 4.78 is 17.8. The van der Waals surface area contributed by atoms with Crippen molar-refractivity contribution in [2.45, 2.75) is 19.9 Å². The summed E-state index contributed by atoms with van der Waals surface area (Å²) in [4.78, 5) is 23.0. The average molecular weight is 253 g/mol. The van der Waals surface area contributed by atoms with Crippen LogP contribution < -0.4 is 5.32 Å². The van der Waals surface area contributed by atoms with E-state index in [-0.39, 0.29) is 12.4 Å². The van der Waals surface area contributed by atoms with Crippen molar-refractivity contribution >= 4 is 11.9 Å². The highest BCUT2D eigenvalue weighted by Gasteiger charge is 2.25. The maximum absolute atomic E-state index is 13.3. The maximum Gasteiger partial charge on any atom is 0.318 e. The van der Waals surface area contributed by atoms with Crippen LogP contribution in [0.3, 0.4) is 0 Å². The highest BCUT2D eigenvalue weighted by Crippen LogP contribution is 2.08. The number of ether oxygens (including phenoxy) is 1. The van der Waals surface area contributed by atoms with Gasteiger partial charge in [-0.25, -0.2) is 4.39 Å². The predicted octanol–water partition coefficient (Wildman–Crippen LogP) is 1.64. The van der Waals surface area contributed by atoms with Crippen molar-refractivity contribution in [3.05, 3.63) is 35.6 Å². The zero-order chi connectivity index (χ0) is 13.5. The van der Waals surface area contributed by atoms with E-state index in [9.17, 15) is 14.0 Å². The number of carbonyl (C=O) groups is 2. The Hall–Kier alpha value is -1.91. The second-order valence-corrected chi connectivity index (χ2v) is 3.79. The monoisotopic (exact) mass is 253 g/mol. The smallest absolute Gasteiger partial charge is 0.318 e. The van der Waals surface area contributed by atoms with Crippen molar-refractivity contribution in [1.29, 1.82) is 0 Å². The summed E-state index contributed by atoms with van der Waals surface area (Å²) in [6.45, 7) is 1.77. The summed E-state index contributed by atoms with van der Waals surface area (Å²) in [5.41, 5.74) is 0.380. The van der Waals surface area contributed by atoms with E-state index in [0.29, 0.717) is 12.0 Å². The molecule has 1 amide bonds. The topological polar surface area (TPSA) is 55.4 Å². The van der Waals surface area contributed by atoms with Gasteiger partial charge in [-0.3, -0.25) is 9.59 Å². The van der Waals surface area contributed by atoms with Gasteiger partial charge in [0.2, 0.25) is 5.91 Å². The van der Waals surface area contributed by atoms with Crippen molar-refractivity contribution < 1.29 is 18.7 Å². The number of methoxy groups -OCH3 is 1. The van der Waals surface area contributed by atoms with Crippen LogP contribution in [0.2, 0.25) is 0 Å². The predicted molar refractivity (Wildman–Crippen MR) is 64.0 cm³/mol. The third-order valence-electron chi connectivity index (χ3n) is 2.62. The van der Waals surface area contributed by atoms with E-state index in [1.165, 1.54) is 13.2 Å². The molecule has 0 aliphatic rings. The Kier molecular flexibility index (Phi) is 5.30. The van der Waals surface area contributed by atoms with Crippen LogP contribution >= 0.6 is 0 Å². The fourth-order valence-electron chi connectivity index (χ4n) is 1.55. The second-order valence-electron chi connectivity index (χ2n) is 3.79. The molecule has 0 bridgehead atoms. The minimum absolute atomic E-state index is 0.0546. The molecule has 0 aromatic heterocycles. The number of carbonyl (C=O) groups excluding carboxylic acids is 2. The van der Waals surface area contributed by atoms with Crippen LogP contribution in [0.15, 0.2) is 24.3 Å². The van der Waals surface area contributed by atoms with Crippen molar-refractivity contribution in [1.82, 2.24) is 5.32 Å². The van der Waals surface area contributed by atoms with Crippen LogP contribution in [0.1, 0.15) is 18.9 Å². The zero-order valence-corrected chi connectivity index (χ0v) is 10.4. The Morgan fingerprint density at radius 2 is 2.06 bits per heavy atom. The molecule has 0 radical (unpaired) electrons. The molecule has 18 heavy (non-hydrogen) atoms. The molecule has 1 atom stereocenters. The molecule has 0 aliphatic heterocycles. The molecule has 98 valence electrons. The van der Waals surface area contributed by atoms with E-state index in [0.717, 1.165) is 0 Å². The summed E-state index contributed by atoms with van der Waals surface area (Å²) in [7, 11) is 1.23. The lowest BCUT2D eigenvalue weighted by molar-refractivity contribution is -0.150. The molecule has 0 aliphatic carbocycles. The average Bonchev–Trinajstić information content (AvgIpc) is 2.38. The SMILES string of the molecule is CCC(C(=O)NCc1ccccc1F)C(=O)OC. The number of halogens is 1. The van der Waals surface area contributed by atoms with Gasteiger partial charge in [-0.05, 0) is 12.5 Å². The van der Waals surface area contributed by atoms with E-state index >= 15 is 0 Å². The van der Waals surface area contributed by atoms with E-state index < -0.39 is 17.8 Å². The lowest BCUT2D eigenvalue weighted by Gasteiger charge is -2.12. The summed E-state index contributed by atoms with van der Waals surface area (Å²) in [6.07, 6.45) is 0.343. The first-order valence-corrected chi connectivity index (χ1v) is 5.69. The standard InChI is InChI=1S/C13H16FNO3/c1-3-10(13(17)18-2)12(16)15-8-9-6-4-5-7-11(9)14/h4-7,10H,3,8H2,1-2H3,(H,15,16). The van der Waals surface area contributed by atoms with E-state index in [2.05, 4.69) is 10.1 Å². The Balaban J connectivity index is 2.60. The van der Waals surface area contributed by atoms with Gasteiger partial charge in [-0.1, -0.05) is 25.1 Å². The number of hydrogen-bond acceptors (Lipinski definition) is 3. The van der Waals surface area contributed by atoms with Gasteiger partial charge >= 0.3 is 5.97 Å². The fourth-order valence-corrected chi connectivity index (χ4v) is 1.55. The van der Waals surface area contributed by atoms with E-state index in [1.807, 2.05) is 0 Å². The molecule has 1 N–H and O–H groups in total. The highest BCUT2D eigenvalue weighted by molar-refractivity contribution is 5.97. The number of nitrogens with one attached hydrogen (secondary N) is 1. The van der Waals surface area contributed by atoms with Gasteiger partial charge in [0.05, 0.1) is 7.11 Å². The Labute approximate surface area is 105 Å². The van der Waals surface area contributed by atoms with Crippen molar-refractivity contribution in [3.8, 4) is 0 Å². The molecule has 0 spiro atoms. The number of esters is 1. The Bertz CT molecular complexity index is 434. The van der Waals surface area contributed by atoms with Crippen molar-refractivity contribution in [2.75, 3.05) is 7.11 Å². The van der Waals surface area contributed by atoms with Crippen LogP contribution in [0.5, 0.6) is 0 Å². The second kappa shape index (κ2) is 6.74. The molecular weight excluding hydrogens is 237 g/mol. The summed E-state index contributed by atoms with van der Waals surface area (Å²) >= 11 is 0. The third kappa shape index (κ3) is 3.55. The summed E-state index contributed by atoms with van der Waals surface area (Å²) in [6, 6.07) is 6.15. The highest BCUT2D eigenvalue weighted by atomic mass is 19.1. The number of rotatable bonds is 5. The van der Waals surface area contributed by atoms with Crippen LogP contribution in [0, 0.1) is 11.7 Å². The van der Waals surface area contributed by atoms with Gasteiger partial charge in [0.1, 0.15) is 11.7 Å². The normalized spacial score (nSPS) is 11.7. The molecular formula is C13H16FNO3. The van der Waals surface area contributed by atoms with Crippen LogP contribution in [-0.4, -0.2) is 19.0 Å². The molecule has 0 heterocycles. The van der Waals surface area contributed by atoms with Gasteiger partial charge in [0.15, 0.2) is 0 Å². The molecule has 1 rings (SSSR count). The van der Waals surface area contributed by atoms with Crippen LogP contribution in [-0.2, 0) is 20.9 Å². The zero-order valence-electron chi connectivity index (χ0n) is 10.4. The Morgan fingerprint density at radius 3 is 2.61 bits per heavy atom. The van der Waals surface area contributed by atoms with E-state index in [4.69, 9.17) is 0 Å². The first kappa shape index (κ1) is 14.2. The summed E-state index contributed by atoms with van der Waals surface area (Å²) in [5.74, 6) is -2.26.